The number of unbranched alkanes of at least 4 members (excludes halogenated alkanes) is 5. The monoisotopic (exact) mass is 616 g/mol. The highest BCUT2D eigenvalue weighted by atomic mass is 32.2. The maximum absolute atomic E-state index is 13.2. The predicted octanol–water partition coefficient (Wildman–Crippen LogP) is 9.52. The number of phenolic OH excluding ortho intramolecular Hbond substituents is 2. The van der Waals surface area contributed by atoms with E-state index in [0.29, 0.717) is 12.8 Å². The number of benzene rings is 2. The van der Waals surface area contributed by atoms with Gasteiger partial charge in [0, 0.05) is 22.5 Å². The van der Waals surface area contributed by atoms with E-state index in [1.54, 1.807) is 30.0 Å². The number of aromatic hydroxyl groups is 2. The maximum atomic E-state index is 13.2. The lowest BCUT2D eigenvalue weighted by atomic mass is 9.68. The van der Waals surface area contributed by atoms with Crippen molar-refractivity contribution in [3.8, 4) is 11.5 Å². The molecule has 1 aliphatic rings. The third-order valence-electron chi connectivity index (χ3n) is 8.48. The number of carbonyl (C=O) groups is 1. The Labute approximate surface area is 249 Å². The standard InChI is InChI=1S/C32H41F5O4S/c1-30(23-13-15-24(38)16-14-23)21-42-28-20-25(39)17-18-26(28)27(30)12-8-6-4-3-5-7-10-22(29(40)41-2)11-9-19-31(33,34)32(35,36)37/h13-18,20,22,27,38-39H,3-12,19,21H2,1-2H3/t22?,27-,30-/m1/s1. The Morgan fingerprint density at radius 2 is 1.52 bits per heavy atom. The van der Waals surface area contributed by atoms with Crippen LogP contribution in [0.4, 0.5) is 22.0 Å². The van der Waals surface area contributed by atoms with E-state index in [4.69, 9.17) is 4.74 Å². The van der Waals surface area contributed by atoms with Gasteiger partial charge in [0.25, 0.3) is 0 Å². The van der Waals surface area contributed by atoms with Crippen molar-refractivity contribution < 1.29 is 41.7 Å². The largest absolute Gasteiger partial charge is 0.508 e. The molecule has 0 aromatic heterocycles. The molecule has 2 aromatic rings. The van der Waals surface area contributed by atoms with Gasteiger partial charge in [-0.25, -0.2) is 0 Å². The first kappa shape index (κ1) is 34.0. The van der Waals surface area contributed by atoms with Crippen molar-refractivity contribution in [1.82, 2.24) is 0 Å². The van der Waals surface area contributed by atoms with Gasteiger partial charge in [0.1, 0.15) is 11.5 Å². The van der Waals surface area contributed by atoms with Gasteiger partial charge in [0.15, 0.2) is 0 Å². The molecule has 2 aromatic carbocycles. The summed E-state index contributed by atoms with van der Waals surface area (Å²) < 4.78 is 68.4. The molecule has 3 atom stereocenters. The Hall–Kier alpha value is -2.49. The van der Waals surface area contributed by atoms with Crippen LogP contribution in [-0.4, -0.2) is 41.1 Å². The summed E-state index contributed by atoms with van der Waals surface area (Å²) in [4.78, 5) is 13.1. The number of rotatable bonds is 15. The average molecular weight is 617 g/mol. The van der Waals surface area contributed by atoms with E-state index in [0.717, 1.165) is 49.2 Å². The molecule has 0 radical (unpaired) electrons. The number of thioether (sulfide) groups is 1. The quantitative estimate of drug-likeness (QED) is 0.119. The molecule has 4 nitrogen and oxygen atoms in total. The van der Waals surface area contributed by atoms with E-state index in [9.17, 15) is 37.0 Å². The van der Waals surface area contributed by atoms with Crippen LogP contribution in [0.1, 0.15) is 94.6 Å². The van der Waals surface area contributed by atoms with Gasteiger partial charge in [0.2, 0.25) is 0 Å². The lowest BCUT2D eigenvalue weighted by Gasteiger charge is -2.43. The summed E-state index contributed by atoms with van der Waals surface area (Å²) in [6, 6.07) is 13.0. The minimum atomic E-state index is -5.58. The van der Waals surface area contributed by atoms with Crippen LogP contribution in [0.25, 0.3) is 0 Å². The van der Waals surface area contributed by atoms with Crippen molar-refractivity contribution in [2.45, 2.75) is 106 Å². The summed E-state index contributed by atoms with van der Waals surface area (Å²) in [7, 11) is 1.19. The van der Waals surface area contributed by atoms with Crippen LogP contribution in [0.15, 0.2) is 47.4 Å². The number of halogens is 5. The van der Waals surface area contributed by atoms with E-state index < -0.39 is 36.8 Å². The number of carbonyl (C=O) groups excluding carboxylic acids is 1. The number of hydrogen-bond acceptors (Lipinski definition) is 5. The average Bonchev–Trinajstić information content (AvgIpc) is 2.93. The highest BCUT2D eigenvalue weighted by molar-refractivity contribution is 7.99. The Morgan fingerprint density at radius 1 is 0.929 bits per heavy atom. The van der Waals surface area contributed by atoms with Crippen LogP contribution >= 0.6 is 11.8 Å². The van der Waals surface area contributed by atoms with Crippen molar-refractivity contribution in [1.29, 1.82) is 0 Å². The topological polar surface area (TPSA) is 66.8 Å². The van der Waals surface area contributed by atoms with Crippen LogP contribution in [0.5, 0.6) is 11.5 Å². The summed E-state index contributed by atoms with van der Waals surface area (Å²) in [6.07, 6.45) is -0.583. The van der Waals surface area contributed by atoms with E-state index in [2.05, 4.69) is 6.92 Å². The molecule has 1 heterocycles. The van der Waals surface area contributed by atoms with Gasteiger partial charge in [-0.1, -0.05) is 63.6 Å². The SMILES string of the molecule is COC(=O)C(CCCCCCCC[C@@H]1c2ccc(O)cc2SC[C@]1(C)c1ccc(O)cc1)CCCC(F)(F)C(F)(F)F. The fraction of sp³-hybridized carbons (Fsp3) is 0.594. The number of phenols is 2. The smallest absolute Gasteiger partial charge is 0.453 e. The van der Waals surface area contributed by atoms with Crippen LogP contribution in [0.2, 0.25) is 0 Å². The van der Waals surface area contributed by atoms with Gasteiger partial charge in [-0.3, -0.25) is 4.79 Å². The molecule has 1 unspecified atom stereocenters. The van der Waals surface area contributed by atoms with Gasteiger partial charge in [-0.15, -0.1) is 11.8 Å². The zero-order valence-electron chi connectivity index (χ0n) is 24.2. The summed E-state index contributed by atoms with van der Waals surface area (Å²) >= 11 is 1.74. The number of fused-ring (bicyclic) bond motifs is 1. The zero-order valence-corrected chi connectivity index (χ0v) is 25.0. The molecule has 3 rings (SSSR count). The second kappa shape index (κ2) is 14.8. The summed E-state index contributed by atoms with van der Waals surface area (Å²) in [5, 5.41) is 19.8. The highest BCUT2D eigenvalue weighted by Crippen LogP contribution is 2.52. The molecule has 0 spiro atoms. The minimum Gasteiger partial charge on any atom is -0.508 e. The fourth-order valence-corrected chi connectivity index (χ4v) is 7.32. The van der Waals surface area contributed by atoms with Crippen molar-refractivity contribution in [3.05, 3.63) is 53.6 Å². The molecule has 2 N–H and O–H groups in total. The first-order chi connectivity index (χ1) is 19.8. The van der Waals surface area contributed by atoms with Crippen LogP contribution in [0, 0.1) is 5.92 Å². The molecule has 0 fully saturated rings. The van der Waals surface area contributed by atoms with E-state index in [-0.39, 0.29) is 29.3 Å². The lowest BCUT2D eigenvalue weighted by Crippen LogP contribution is -2.36. The van der Waals surface area contributed by atoms with Crippen molar-refractivity contribution in [2.75, 3.05) is 12.9 Å². The van der Waals surface area contributed by atoms with Gasteiger partial charge in [-0.05, 0) is 67.0 Å². The summed E-state index contributed by atoms with van der Waals surface area (Å²) in [5.74, 6) is -4.43. The third kappa shape index (κ3) is 8.77. The number of esters is 1. The summed E-state index contributed by atoms with van der Waals surface area (Å²) in [6.45, 7) is 2.26. The maximum Gasteiger partial charge on any atom is 0.453 e. The van der Waals surface area contributed by atoms with Crippen LogP contribution in [0.3, 0.4) is 0 Å². The number of alkyl halides is 5. The van der Waals surface area contributed by atoms with Crippen molar-refractivity contribution >= 4 is 17.7 Å². The molecule has 0 saturated carbocycles. The Kier molecular flexibility index (Phi) is 12.0. The highest BCUT2D eigenvalue weighted by Gasteiger charge is 2.56. The number of hydrogen-bond donors (Lipinski definition) is 2. The third-order valence-corrected chi connectivity index (χ3v) is 9.89. The molecule has 10 heteroatoms. The molecule has 0 amide bonds. The minimum absolute atomic E-state index is 0.0585. The summed E-state index contributed by atoms with van der Waals surface area (Å²) in [5.41, 5.74) is 2.25. The van der Waals surface area contributed by atoms with Gasteiger partial charge < -0.3 is 14.9 Å². The molecular weight excluding hydrogens is 575 g/mol. The molecule has 42 heavy (non-hydrogen) atoms. The Balaban J connectivity index is 1.47. The van der Waals surface area contributed by atoms with Crippen LogP contribution in [-0.2, 0) is 14.9 Å². The second-order valence-electron chi connectivity index (χ2n) is 11.5. The molecule has 0 bridgehead atoms. The molecule has 234 valence electrons. The van der Waals surface area contributed by atoms with Crippen LogP contribution < -0.4 is 0 Å². The van der Waals surface area contributed by atoms with E-state index >= 15 is 0 Å². The van der Waals surface area contributed by atoms with E-state index in [1.807, 2.05) is 24.3 Å². The normalized spacial score (nSPS) is 19.7. The Bertz CT molecular complexity index is 1150. The first-order valence-corrected chi connectivity index (χ1v) is 15.5. The van der Waals surface area contributed by atoms with Gasteiger partial charge >= 0.3 is 18.1 Å². The van der Waals surface area contributed by atoms with E-state index in [1.165, 1.54) is 18.2 Å². The molecule has 0 saturated heterocycles. The van der Waals surface area contributed by atoms with Gasteiger partial charge in [-0.2, -0.15) is 22.0 Å². The second-order valence-corrected chi connectivity index (χ2v) is 12.6. The van der Waals surface area contributed by atoms with Crippen molar-refractivity contribution in [3.63, 3.8) is 0 Å². The van der Waals surface area contributed by atoms with Gasteiger partial charge in [0.05, 0.1) is 13.0 Å². The molecular formula is C32H41F5O4S. The fourth-order valence-electron chi connectivity index (χ4n) is 5.91. The number of methoxy groups -OCH3 is 1. The lowest BCUT2D eigenvalue weighted by molar-refractivity contribution is -0.284. The molecule has 0 aliphatic carbocycles. The predicted molar refractivity (Wildman–Crippen MR) is 154 cm³/mol. The van der Waals surface area contributed by atoms with Crippen molar-refractivity contribution in [2.24, 2.45) is 5.92 Å². The Morgan fingerprint density at radius 3 is 2.17 bits per heavy atom. The zero-order chi connectivity index (χ0) is 31.0. The number of ether oxygens (including phenoxy) is 1. The molecule has 1 aliphatic heterocycles. The first-order valence-electron chi connectivity index (χ1n) is 14.6.